The molecule has 4 heteroatoms. The summed E-state index contributed by atoms with van der Waals surface area (Å²) in [6.07, 6.45) is 10.1. The van der Waals surface area contributed by atoms with Crippen molar-refractivity contribution < 1.29 is 8.83 Å². The molecule has 0 unspecified atom stereocenters. The molecule has 4 nitrogen and oxygen atoms in total. The molecule has 82 valence electrons. The minimum atomic E-state index is 0.666. The largest absolute Gasteiger partial charge is 0.472 e. The van der Waals surface area contributed by atoms with Gasteiger partial charge < -0.3 is 8.83 Å². The third kappa shape index (κ3) is 3.24. The molecule has 0 radical (unpaired) electrons. The zero-order valence-electron chi connectivity index (χ0n) is 8.74. The van der Waals surface area contributed by atoms with Gasteiger partial charge in [-0.1, -0.05) is 0 Å². The molecule has 0 aliphatic carbocycles. The van der Waals surface area contributed by atoms with Gasteiger partial charge in [-0.3, -0.25) is 9.98 Å². The Labute approximate surface area is 93.3 Å². The second-order valence-electron chi connectivity index (χ2n) is 3.18. The molecule has 0 atom stereocenters. The van der Waals surface area contributed by atoms with Crippen LogP contribution in [0.15, 0.2) is 56.0 Å². The van der Waals surface area contributed by atoms with Crippen molar-refractivity contribution in [2.75, 3.05) is 13.1 Å². The molecule has 2 heterocycles. The number of nitrogens with zero attached hydrogens (tertiary/aromatic N) is 2. The van der Waals surface area contributed by atoms with Crippen LogP contribution in [-0.2, 0) is 0 Å². The fourth-order valence-electron chi connectivity index (χ4n) is 1.15. The highest BCUT2D eigenvalue weighted by Gasteiger charge is 1.87. The Bertz CT molecular complexity index is 397. The lowest BCUT2D eigenvalue weighted by molar-refractivity contribution is 0.566. The number of rotatable bonds is 5. The molecular weight excluding hydrogens is 204 g/mol. The molecule has 0 aliphatic heterocycles. The summed E-state index contributed by atoms with van der Waals surface area (Å²) in [5, 5.41) is 0. The fraction of sp³-hybridized carbons (Fsp3) is 0.167. The average molecular weight is 216 g/mol. The van der Waals surface area contributed by atoms with Gasteiger partial charge >= 0.3 is 0 Å². The second kappa shape index (κ2) is 5.70. The fourth-order valence-corrected chi connectivity index (χ4v) is 1.15. The van der Waals surface area contributed by atoms with E-state index in [-0.39, 0.29) is 0 Å². The quantitative estimate of drug-likeness (QED) is 0.569. The van der Waals surface area contributed by atoms with Gasteiger partial charge in [-0.25, -0.2) is 0 Å². The molecule has 0 amide bonds. The van der Waals surface area contributed by atoms with Gasteiger partial charge in [0.2, 0.25) is 0 Å². The van der Waals surface area contributed by atoms with Gasteiger partial charge in [-0.15, -0.1) is 0 Å². The molecular formula is C12H12N2O2. The van der Waals surface area contributed by atoms with Crippen molar-refractivity contribution >= 4 is 12.4 Å². The Morgan fingerprint density at radius 2 is 1.38 bits per heavy atom. The zero-order valence-corrected chi connectivity index (χ0v) is 8.74. The van der Waals surface area contributed by atoms with Gasteiger partial charge in [0, 0.05) is 23.6 Å². The predicted octanol–water partition coefficient (Wildman–Crippen LogP) is 2.41. The SMILES string of the molecule is C(=NCCN=Cc1ccoc1)c1ccoc1. The summed E-state index contributed by atoms with van der Waals surface area (Å²) in [4.78, 5) is 8.42. The van der Waals surface area contributed by atoms with E-state index >= 15 is 0 Å². The van der Waals surface area contributed by atoms with E-state index in [0.29, 0.717) is 13.1 Å². The van der Waals surface area contributed by atoms with Crippen molar-refractivity contribution in [3.8, 4) is 0 Å². The number of hydrogen-bond donors (Lipinski definition) is 0. The smallest absolute Gasteiger partial charge is 0.0990 e. The lowest BCUT2D eigenvalue weighted by atomic mass is 10.4. The first-order chi connectivity index (χ1) is 7.95. The molecule has 2 aromatic heterocycles. The summed E-state index contributed by atoms with van der Waals surface area (Å²) >= 11 is 0. The van der Waals surface area contributed by atoms with E-state index in [4.69, 9.17) is 8.83 Å². The maximum atomic E-state index is 4.91. The number of furan rings is 2. The Balaban J connectivity index is 1.69. The highest BCUT2D eigenvalue weighted by Crippen LogP contribution is 1.96. The van der Waals surface area contributed by atoms with Crippen LogP contribution in [0.3, 0.4) is 0 Å². The van der Waals surface area contributed by atoms with Crippen LogP contribution in [0.2, 0.25) is 0 Å². The molecule has 0 fully saturated rings. The van der Waals surface area contributed by atoms with E-state index in [1.54, 1.807) is 37.5 Å². The van der Waals surface area contributed by atoms with E-state index in [1.807, 2.05) is 12.1 Å². The normalized spacial score (nSPS) is 11.8. The summed E-state index contributed by atoms with van der Waals surface area (Å²) in [5.74, 6) is 0. The predicted molar refractivity (Wildman–Crippen MR) is 62.3 cm³/mol. The van der Waals surface area contributed by atoms with E-state index in [9.17, 15) is 0 Å². The summed E-state index contributed by atoms with van der Waals surface area (Å²) in [7, 11) is 0. The molecule has 16 heavy (non-hydrogen) atoms. The van der Waals surface area contributed by atoms with Crippen molar-refractivity contribution in [3.05, 3.63) is 48.3 Å². The summed E-state index contributed by atoms with van der Waals surface area (Å²) in [6, 6.07) is 3.72. The highest BCUT2D eigenvalue weighted by molar-refractivity contribution is 5.79. The monoisotopic (exact) mass is 216 g/mol. The first kappa shape index (κ1) is 10.4. The van der Waals surface area contributed by atoms with E-state index in [0.717, 1.165) is 11.1 Å². The molecule has 0 N–H and O–H groups in total. The lowest BCUT2D eigenvalue weighted by Crippen LogP contribution is -1.88. The van der Waals surface area contributed by atoms with Crippen LogP contribution in [0.5, 0.6) is 0 Å². The van der Waals surface area contributed by atoms with Crippen molar-refractivity contribution in [1.82, 2.24) is 0 Å². The highest BCUT2D eigenvalue weighted by atomic mass is 16.3. The van der Waals surface area contributed by atoms with Crippen LogP contribution in [0.4, 0.5) is 0 Å². The zero-order chi connectivity index (χ0) is 11.1. The maximum Gasteiger partial charge on any atom is 0.0990 e. The Morgan fingerprint density at radius 1 is 0.875 bits per heavy atom. The summed E-state index contributed by atoms with van der Waals surface area (Å²) < 4.78 is 9.82. The number of aliphatic imine (C=N–C) groups is 2. The van der Waals surface area contributed by atoms with Crippen LogP contribution in [0.25, 0.3) is 0 Å². The summed E-state index contributed by atoms with van der Waals surface area (Å²) in [5.41, 5.74) is 1.94. The van der Waals surface area contributed by atoms with Crippen LogP contribution < -0.4 is 0 Å². The average Bonchev–Trinajstić information content (AvgIpc) is 2.96. The maximum absolute atomic E-state index is 4.91. The minimum Gasteiger partial charge on any atom is -0.472 e. The Kier molecular flexibility index (Phi) is 3.71. The van der Waals surface area contributed by atoms with Crippen LogP contribution in [0, 0.1) is 0 Å². The van der Waals surface area contributed by atoms with Crippen LogP contribution in [-0.4, -0.2) is 25.5 Å². The molecule has 2 rings (SSSR count). The first-order valence-electron chi connectivity index (χ1n) is 4.99. The minimum absolute atomic E-state index is 0.666. The molecule has 0 bridgehead atoms. The molecule has 0 aromatic carbocycles. The van der Waals surface area contributed by atoms with Crippen molar-refractivity contribution in [3.63, 3.8) is 0 Å². The standard InChI is InChI=1S/C12H12N2O2/c1-5-15-9-11(1)7-13-3-4-14-8-12-2-6-16-10-12/h1-2,5-10H,3-4H2. The third-order valence-electron chi connectivity index (χ3n) is 1.93. The van der Waals surface area contributed by atoms with Crippen LogP contribution in [0.1, 0.15) is 11.1 Å². The molecule has 0 saturated carbocycles. The Morgan fingerprint density at radius 3 is 1.75 bits per heavy atom. The van der Waals surface area contributed by atoms with Gasteiger partial charge in [-0.05, 0) is 12.1 Å². The van der Waals surface area contributed by atoms with Gasteiger partial charge in [0.05, 0.1) is 38.1 Å². The van der Waals surface area contributed by atoms with Gasteiger partial charge in [0.25, 0.3) is 0 Å². The number of hydrogen-bond acceptors (Lipinski definition) is 4. The van der Waals surface area contributed by atoms with Crippen molar-refractivity contribution in [2.45, 2.75) is 0 Å². The van der Waals surface area contributed by atoms with Crippen molar-refractivity contribution in [1.29, 1.82) is 0 Å². The molecule has 0 aliphatic rings. The van der Waals surface area contributed by atoms with Gasteiger partial charge in [-0.2, -0.15) is 0 Å². The topological polar surface area (TPSA) is 51.0 Å². The van der Waals surface area contributed by atoms with Gasteiger partial charge in [0.1, 0.15) is 0 Å². The molecule has 0 spiro atoms. The third-order valence-corrected chi connectivity index (χ3v) is 1.93. The van der Waals surface area contributed by atoms with E-state index in [1.165, 1.54) is 0 Å². The van der Waals surface area contributed by atoms with Gasteiger partial charge in [0.15, 0.2) is 0 Å². The Hall–Kier alpha value is -2.10. The molecule has 0 saturated heterocycles. The van der Waals surface area contributed by atoms with Crippen molar-refractivity contribution in [2.24, 2.45) is 9.98 Å². The first-order valence-corrected chi connectivity index (χ1v) is 4.99. The lowest BCUT2D eigenvalue weighted by Gasteiger charge is -1.87. The van der Waals surface area contributed by atoms with E-state index < -0.39 is 0 Å². The molecule has 2 aromatic rings. The summed E-state index contributed by atoms with van der Waals surface area (Å²) in [6.45, 7) is 1.33. The van der Waals surface area contributed by atoms with Crippen LogP contribution >= 0.6 is 0 Å². The second-order valence-corrected chi connectivity index (χ2v) is 3.18. The van der Waals surface area contributed by atoms with E-state index in [2.05, 4.69) is 9.98 Å².